The summed E-state index contributed by atoms with van der Waals surface area (Å²) in [5.74, 6) is 0.493. The van der Waals surface area contributed by atoms with E-state index in [-0.39, 0.29) is 10.7 Å². The summed E-state index contributed by atoms with van der Waals surface area (Å²) >= 11 is 7.47. The van der Waals surface area contributed by atoms with Gasteiger partial charge in [-0.2, -0.15) is 11.8 Å². The van der Waals surface area contributed by atoms with Crippen LogP contribution in [0.4, 0.5) is 5.82 Å². The number of aromatic carboxylic acids is 1. The van der Waals surface area contributed by atoms with Crippen LogP contribution in [0.2, 0.25) is 5.02 Å². The Bertz CT molecular complexity index is 374. The van der Waals surface area contributed by atoms with Crippen LogP contribution in [-0.2, 0) is 0 Å². The standard InChI is InChI=1S/C10H13ClN2O2S/c1-16-6-2-5-12-8-4-3-7(11)9(13-8)10(14)15/h3-4H,2,5-6H2,1H3,(H,12,13)(H,14,15). The smallest absolute Gasteiger partial charge is 0.356 e. The maximum atomic E-state index is 10.8. The van der Waals surface area contributed by atoms with Gasteiger partial charge in [0.1, 0.15) is 5.82 Å². The van der Waals surface area contributed by atoms with Crippen molar-refractivity contribution >= 4 is 35.1 Å². The van der Waals surface area contributed by atoms with Crippen LogP contribution in [0, 0.1) is 0 Å². The Labute approximate surface area is 103 Å². The number of nitrogens with zero attached hydrogens (tertiary/aromatic N) is 1. The lowest BCUT2D eigenvalue weighted by molar-refractivity contribution is 0.0691. The van der Waals surface area contributed by atoms with E-state index in [0.717, 1.165) is 18.7 Å². The van der Waals surface area contributed by atoms with Crippen molar-refractivity contribution in [3.63, 3.8) is 0 Å². The molecular weight excluding hydrogens is 248 g/mol. The largest absolute Gasteiger partial charge is 0.476 e. The maximum Gasteiger partial charge on any atom is 0.356 e. The molecule has 0 radical (unpaired) electrons. The molecule has 1 heterocycles. The monoisotopic (exact) mass is 260 g/mol. The summed E-state index contributed by atoms with van der Waals surface area (Å²) in [6.45, 7) is 0.772. The molecule has 0 saturated carbocycles. The average molecular weight is 261 g/mol. The van der Waals surface area contributed by atoms with Crippen LogP contribution in [0.25, 0.3) is 0 Å². The fraction of sp³-hybridized carbons (Fsp3) is 0.400. The average Bonchev–Trinajstić information content (AvgIpc) is 2.26. The van der Waals surface area contributed by atoms with Crippen molar-refractivity contribution in [2.75, 3.05) is 23.9 Å². The first-order valence-corrected chi connectivity index (χ1v) is 6.55. The molecule has 0 aliphatic rings. The van der Waals surface area contributed by atoms with Gasteiger partial charge in [0.25, 0.3) is 0 Å². The van der Waals surface area contributed by atoms with E-state index >= 15 is 0 Å². The van der Waals surface area contributed by atoms with Gasteiger partial charge in [0.2, 0.25) is 0 Å². The molecule has 0 saturated heterocycles. The van der Waals surface area contributed by atoms with E-state index < -0.39 is 5.97 Å². The predicted molar refractivity (Wildman–Crippen MR) is 67.7 cm³/mol. The van der Waals surface area contributed by atoms with E-state index in [4.69, 9.17) is 16.7 Å². The van der Waals surface area contributed by atoms with Gasteiger partial charge in [-0.25, -0.2) is 9.78 Å². The molecule has 0 unspecified atom stereocenters. The number of carbonyl (C=O) groups is 1. The fourth-order valence-electron chi connectivity index (χ4n) is 1.12. The van der Waals surface area contributed by atoms with Gasteiger partial charge in [-0.3, -0.25) is 0 Å². The summed E-state index contributed by atoms with van der Waals surface area (Å²) in [6.07, 6.45) is 3.05. The van der Waals surface area contributed by atoms with Crippen molar-refractivity contribution in [1.82, 2.24) is 4.98 Å². The van der Waals surface area contributed by atoms with Crippen LogP contribution in [0.15, 0.2) is 12.1 Å². The van der Waals surface area contributed by atoms with E-state index in [9.17, 15) is 4.79 Å². The molecular formula is C10H13ClN2O2S. The number of aromatic nitrogens is 1. The summed E-state index contributed by atoms with van der Waals surface area (Å²) < 4.78 is 0. The molecule has 1 aromatic heterocycles. The third-order valence-electron chi connectivity index (χ3n) is 1.88. The molecule has 0 aromatic carbocycles. The van der Waals surface area contributed by atoms with Crippen molar-refractivity contribution in [1.29, 1.82) is 0 Å². The Kier molecular flexibility index (Phi) is 5.42. The molecule has 0 bridgehead atoms. The number of carboxylic acid groups (broad SMARTS) is 1. The van der Waals surface area contributed by atoms with Crippen molar-refractivity contribution in [3.05, 3.63) is 22.8 Å². The second-order valence-electron chi connectivity index (χ2n) is 3.11. The third kappa shape index (κ3) is 3.90. The second-order valence-corrected chi connectivity index (χ2v) is 4.50. The highest BCUT2D eigenvalue weighted by Crippen LogP contribution is 2.16. The quantitative estimate of drug-likeness (QED) is 0.770. The van der Waals surface area contributed by atoms with E-state index in [0.29, 0.717) is 5.82 Å². The highest BCUT2D eigenvalue weighted by molar-refractivity contribution is 7.98. The lowest BCUT2D eigenvalue weighted by Crippen LogP contribution is -2.08. The summed E-state index contributed by atoms with van der Waals surface area (Å²) in [5, 5.41) is 12.0. The molecule has 4 nitrogen and oxygen atoms in total. The van der Waals surface area contributed by atoms with Crippen LogP contribution in [-0.4, -0.2) is 34.6 Å². The predicted octanol–water partition coefficient (Wildman–Crippen LogP) is 2.60. The van der Waals surface area contributed by atoms with Crippen molar-refractivity contribution in [3.8, 4) is 0 Å². The van der Waals surface area contributed by atoms with E-state index in [1.54, 1.807) is 17.8 Å². The number of hydrogen-bond acceptors (Lipinski definition) is 4. The zero-order valence-corrected chi connectivity index (χ0v) is 10.4. The number of hydrogen-bond donors (Lipinski definition) is 2. The van der Waals surface area contributed by atoms with Gasteiger partial charge in [-0.05, 0) is 30.6 Å². The zero-order chi connectivity index (χ0) is 12.0. The minimum absolute atomic E-state index is 0.114. The number of pyridine rings is 1. The highest BCUT2D eigenvalue weighted by atomic mass is 35.5. The molecule has 88 valence electrons. The summed E-state index contributed by atoms with van der Waals surface area (Å²) in [4.78, 5) is 14.7. The Hall–Kier alpha value is -0.940. The third-order valence-corrected chi connectivity index (χ3v) is 2.88. The Morgan fingerprint density at radius 1 is 1.62 bits per heavy atom. The van der Waals surface area contributed by atoms with E-state index in [1.165, 1.54) is 6.07 Å². The van der Waals surface area contributed by atoms with Gasteiger partial charge in [-0.1, -0.05) is 11.6 Å². The lowest BCUT2D eigenvalue weighted by Gasteiger charge is -2.06. The number of nitrogens with one attached hydrogen (secondary N) is 1. The molecule has 16 heavy (non-hydrogen) atoms. The fourth-order valence-corrected chi connectivity index (χ4v) is 1.74. The SMILES string of the molecule is CSCCCNc1ccc(Cl)c(C(=O)O)n1. The first kappa shape index (κ1) is 13.1. The van der Waals surface area contributed by atoms with Crippen molar-refractivity contribution in [2.45, 2.75) is 6.42 Å². The van der Waals surface area contributed by atoms with Crippen LogP contribution in [0.1, 0.15) is 16.9 Å². The van der Waals surface area contributed by atoms with Crippen LogP contribution < -0.4 is 5.32 Å². The van der Waals surface area contributed by atoms with E-state index in [2.05, 4.69) is 10.3 Å². The topological polar surface area (TPSA) is 62.2 Å². The van der Waals surface area contributed by atoms with Crippen molar-refractivity contribution in [2.24, 2.45) is 0 Å². The number of rotatable bonds is 6. The molecule has 6 heteroatoms. The summed E-state index contributed by atoms with van der Waals surface area (Å²) in [7, 11) is 0. The molecule has 1 rings (SSSR count). The highest BCUT2D eigenvalue weighted by Gasteiger charge is 2.10. The molecule has 0 amide bonds. The molecule has 1 aromatic rings. The first-order chi connectivity index (χ1) is 7.65. The van der Waals surface area contributed by atoms with Crippen molar-refractivity contribution < 1.29 is 9.90 Å². The van der Waals surface area contributed by atoms with Gasteiger partial charge in [-0.15, -0.1) is 0 Å². The normalized spacial score (nSPS) is 10.1. The number of anilines is 1. The Morgan fingerprint density at radius 2 is 2.38 bits per heavy atom. The van der Waals surface area contributed by atoms with Gasteiger partial charge < -0.3 is 10.4 Å². The Morgan fingerprint density at radius 3 is 3.00 bits per heavy atom. The number of carboxylic acids is 1. The van der Waals surface area contributed by atoms with Gasteiger partial charge in [0.05, 0.1) is 5.02 Å². The second kappa shape index (κ2) is 6.60. The number of thioether (sulfide) groups is 1. The molecule has 2 N–H and O–H groups in total. The van der Waals surface area contributed by atoms with Gasteiger partial charge in [0.15, 0.2) is 5.69 Å². The minimum Gasteiger partial charge on any atom is -0.476 e. The summed E-state index contributed by atoms with van der Waals surface area (Å²) in [5.41, 5.74) is -0.114. The maximum absolute atomic E-state index is 10.8. The molecule has 0 atom stereocenters. The van der Waals surface area contributed by atoms with E-state index in [1.807, 2.05) is 6.26 Å². The number of halogens is 1. The molecule has 0 aliphatic carbocycles. The first-order valence-electron chi connectivity index (χ1n) is 4.78. The van der Waals surface area contributed by atoms with Crippen LogP contribution >= 0.6 is 23.4 Å². The van der Waals surface area contributed by atoms with Crippen LogP contribution in [0.3, 0.4) is 0 Å². The zero-order valence-electron chi connectivity index (χ0n) is 8.86. The minimum atomic E-state index is -1.11. The van der Waals surface area contributed by atoms with Gasteiger partial charge >= 0.3 is 5.97 Å². The molecule has 0 fully saturated rings. The molecule has 0 aliphatic heterocycles. The Balaban J connectivity index is 2.61. The van der Waals surface area contributed by atoms with Gasteiger partial charge in [0, 0.05) is 6.54 Å². The molecule has 0 spiro atoms. The summed E-state index contributed by atoms with van der Waals surface area (Å²) in [6, 6.07) is 3.21. The van der Waals surface area contributed by atoms with Crippen LogP contribution in [0.5, 0.6) is 0 Å². The lowest BCUT2D eigenvalue weighted by atomic mass is 10.3.